The van der Waals surface area contributed by atoms with Crippen LogP contribution in [0.3, 0.4) is 0 Å². The van der Waals surface area contributed by atoms with Crippen molar-refractivity contribution >= 4 is 0 Å². The zero-order chi connectivity index (χ0) is 12.1. The maximum Gasteiger partial charge on any atom is 0.117 e. The lowest BCUT2D eigenvalue weighted by molar-refractivity contribution is -0.0280. The van der Waals surface area contributed by atoms with Crippen LogP contribution in [0.2, 0.25) is 0 Å². The van der Waals surface area contributed by atoms with Crippen LogP contribution in [0.25, 0.3) is 0 Å². The number of rotatable bonds is 5. The van der Waals surface area contributed by atoms with Gasteiger partial charge < -0.3 is 9.52 Å². The Labute approximate surface area is 103 Å². The molecule has 1 N–H and O–H groups in total. The number of hydrogen-bond donors (Lipinski definition) is 1. The van der Waals surface area contributed by atoms with E-state index >= 15 is 0 Å². The van der Waals surface area contributed by atoms with Gasteiger partial charge in [0.1, 0.15) is 5.76 Å². The molecule has 1 aromatic heterocycles. The van der Waals surface area contributed by atoms with Gasteiger partial charge in [-0.05, 0) is 31.5 Å². The fraction of sp³-hybridized carbons (Fsp3) is 0.714. The van der Waals surface area contributed by atoms with Crippen molar-refractivity contribution in [1.29, 1.82) is 0 Å². The van der Waals surface area contributed by atoms with Crippen LogP contribution in [-0.2, 0) is 6.54 Å². The van der Waals surface area contributed by atoms with Gasteiger partial charge in [0.2, 0.25) is 0 Å². The third-order valence-electron chi connectivity index (χ3n) is 3.71. The first-order valence-electron chi connectivity index (χ1n) is 6.69. The molecule has 2 rings (SSSR count). The number of nitrogens with zero attached hydrogens (tertiary/aromatic N) is 1. The van der Waals surface area contributed by atoms with E-state index in [-0.39, 0.29) is 0 Å². The first-order valence-corrected chi connectivity index (χ1v) is 6.69. The van der Waals surface area contributed by atoms with E-state index in [0.29, 0.717) is 0 Å². The quantitative estimate of drug-likeness (QED) is 0.855. The van der Waals surface area contributed by atoms with Crippen LogP contribution in [0.1, 0.15) is 44.8 Å². The third kappa shape index (κ3) is 3.58. The fourth-order valence-electron chi connectivity index (χ4n) is 2.69. The molecule has 0 bridgehead atoms. The van der Waals surface area contributed by atoms with Crippen molar-refractivity contribution in [2.75, 3.05) is 13.1 Å². The van der Waals surface area contributed by atoms with E-state index in [1.54, 1.807) is 6.26 Å². The van der Waals surface area contributed by atoms with Crippen LogP contribution < -0.4 is 0 Å². The highest BCUT2D eigenvalue weighted by Crippen LogP contribution is 2.29. The molecular weight excluding hydrogens is 214 g/mol. The summed E-state index contributed by atoms with van der Waals surface area (Å²) in [6.45, 7) is 4.65. The van der Waals surface area contributed by atoms with Crippen LogP contribution >= 0.6 is 0 Å². The number of aliphatic hydroxyl groups is 1. The first kappa shape index (κ1) is 12.7. The van der Waals surface area contributed by atoms with Crippen LogP contribution in [0.5, 0.6) is 0 Å². The van der Waals surface area contributed by atoms with Crippen LogP contribution in [0.15, 0.2) is 22.8 Å². The molecule has 1 aromatic rings. The molecule has 0 spiro atoms. The van der Waals surface area contributed by atoms with Gasteiger partial charge in [0, 0.05) is 6.54 Å². The van der Waals surface area contributed by atoms with Crippen LogP contribution in [0.4, 0.5) is 0 Å². The summed E-state index contributed by atoms with van der Waals surface area (Å²) in [6.07, 6.45) is 7.19. The second kappa shape index (κ2) is 5.69. The Balaban J connectivity index is 1.90. The van der Waals surface area contributed by atoms with Crippen LogP contribution in [-0.4, -0.2) is 28.7 Å². The van der Waals surface area contributed by atoms with E-state index in [2.05, 4.69) is 11.8 Å². The molecule has 0 aliphatic heterocycles. The van der Waals surface area contributed by atoms with Crippen molar-refractivity contribution in [1.82, 2.24) is 4.90 Å². The normalized spacial score (nSPS) is 19.7. The van der Waals surface area contributed by atoms with Gasteiger partial charge in [-0.3, -0.25) is 4.90 Å². The summed E-state index contributed by atoms with van der Waals surface area (Å²) >= 11 is 0. The SMILES string of the molecule is CCN(Cc1ccco1)CC1(O)CCCCC1. The molecule has 96 valence electrons. The Morgan fingerprint density at radius 1 is 1.35 bits per heavy atom. The van der Waals surface area contributed by atoms with Gasteiger partial charge in [-0.15, -0.1) is 0 Å². The molecule has 0 radical (unpaired) electrons. The molecule has 0 saturated heterocycles. The molecule has 1 aliphatic carbocycles. The molecule has 1 saturated carbocycles. The molecule has 3 nitrogen and oxygen atoms in total. The van der Waals surface area contributed by atoms with Gasteiger partial charge in [0.15, 0.2) is 0 Å². The van der Waals surface area contributed by atoms with Gasteiger partial charge >= 0.3 is 0 Å². The van der Waals surface area contributed by atoms with Crippen molar-refractivity contribution in [3.63, 3.8) is 0 Å². The summed E-state index contributed by atoms with van der Waals surface area (Å²) in [5.41, 5.74) is -0.471. The summed E-state index contributed by atoms with van der Waals surface area (Å²) in [5.74, 6) is 0.978. The third-order valence-corrected chi connectivity index (χ3v) is 3.71. The van der Waals surface area contributed by atoms with E-state index < -0.39 is 5.60 Å². The van der Waals surface area contributed by atoms with E-state index in [0.717, 1.165) is 51.1 Å². The smallest absolute Gasteiger partial charge is 0.117 e. The standard InChI is InChI=1S/C14H23NO2/c1-2-15(11-13-7-6-10-17-13)12-14(16)8-4-3-5-9-14/h6-7,10,16H,2-5,8-9,11-12H2,1H3. The minimum Gasteiger partial charge on any atom is -0.468 e. The summed E-state index contributed by atoms with van der Waals surface area (Å²) in [6, 6.07) is 3.91. The Bertz CT molecular complexity index is 315. The maximum atomic E-state index is 10.5. The van der Waals surface area contributed by atoms with Gasteiger partial charge in [-0.25, -0.2) is 0 Å². The van der Waals surface area contributed by atoms with Gasteiger partial charge in [0.05, 0.1) is 18.4 Å². The molecule has 17 heavy (non-hydrogen) atoms. The van der Waals surface area contributed by atoms with Gasteiger partial charge in [0.25, 0.3) is 0 Å². The van der Waals surface area contributed by atoms with E-state index in [1.807, 2.05) is 12.1 Å². The minimum atomic E-state index is -0.471. The van der Waals surface area contributed by atoms with Crippen molar-refractivity contribution < 1.29 is 9.52 Å². The summed E-state index contributed by atoms with van der Waals surface area (Å²) in [4.78, 5) is 2.27. The lowest BCUT2D eigenvalue weighted by Crippen LogP contribution is -2.44. The van der Waals surface area contributed by atoms with E-state index in [4.69, 9.17) is 4.42 Å². The number of furan rings is 1. The summed E-state index contributed by atoms with van der Waals surface area (Å²) in [5, 5.41) is 10.5. The lowest BCUT2D eigenvalue weighted by atomic mass is 9.84. The molecule has 3 heteroatoms. The molecule has 0 aromatic carbocycles. The average molecular weight is 237 g/mol. The first-order chi connectivity index (χ1) is 8.22. The Morgan fingerprint density at radius 3 is 2.71 bits per heavy atom. The predicted octanol–water partition coefficient (Wildman–Crippen LogP) is 2.80. The molecule has 1 aliphatic rings. The molecule has 0 amide bonds. The Hall–Kier alpha value is -0.800. The minimum absolute atomic E-state index is 0.471. The highest BCUT2D eigenvalue weighted by Gasteiger charge is 2.31. The van der Waals surface area contributed by atoms with Gasteiger partial charge in [-0.1, -0.05) is 26.2 Å². The van der Waals surface area contributed by atoms with E-state index in [1.165, 1.54) is 6.42 Å². The molecule has 0 unspecified atom stereocenters. The molecule has 1 heterocycles. The zero-order valence-electron chi connectivity index (χ0n) is 10.7. The largest absolute Gasteiger partial charge is 0.468 e. The van der Waals surface area contributed by atoms with Crippen molar-refractivity contribution in [2.45, 2.75) is 51.2 Å². The van der Waals surface area contributed by atoms with Crippen LogP contribution in [0, 0.1) is 0 Å². The highest BCUT2D eigenvalue weighted by atomic mass is 16.3. The van der Waals surface area contributed by atoms with Crippen molar-refractivity contribution in [2.24, 2.45) is 0 Å². The zero-order valence-corrected chi connectivity index (χ0v) is 10.7. The van der Waals surface area contributed by atoms with Crippen molar-refractivity contribution in [3.8, 4) is 0 Å². The summed E-state index contributed by atoms with van der Waals surface area (Å²) < 4.78 is 5.36. The number of likely N-dealkylation sites (N-methyl/N-ethyl adjacent to an activating group) is 1. The predicted molar refractivity (Wildman–Crippen MR) is 67.7 cm³/mol. The van der Waals surface area contributed by atoms with Crippen molar-refractivity contribution in [3.05, 3.63) is 24.2 Å². The van der Waals surface area contributed by atoms with E-state index in [9.17, 15) is 5.11 Å². The monoisotopic (exact) mass is 237 g/mol. The Morgan fingerprint density at radius 2 is 2.12 bits per heavy atom. The second-order valence-corrected chi connectivity index (χ2v) is 5.17. The average Bonchev–Trinajstić information content (AvgIpc) is 2.81. The van der Waals surface area contributed by atoms with Gasteiger partial charge in [-0.2, -0.15) is 0 Å². The lowest BCUT2D eigenvalue weighted by Gasteiger charge is -2.36. The highest BCUT2D eigenvalue weighted by molar-refractivity contribution is 4.98. The molecular formula is C14H23NO2. The molecule has 1 fully saturated rings. The second-order valence-electron chi connectivity index (χ2n) is 5.17. The maximum absolute atomic E-state index is 10.5. The Kier molecular flexibility index (Phi) is 4.24. The topological polar surface area (TPSA) is 36.6 Å². The molecule has 0 atom stereocenters. The summed E-state index contributed by atoms with van der Waals surface area (Å²) in [7, 11) is 0. The fourth-order valence-corrected chi connectivity index (χ4v) is 2.69. The number of hydrogen-bond acceptors (Lipinski definition) is 3.